The Morgan fingerprint density at radius 2 is 1.92 bits per heavy atom. The minimum absolute atomic E-state index is 0.311. The lowest BCUT2D eigenvalue weighted by molar-refractivity contribution is -0.122. The highest BCUT2D eigenvalue weighted by Gasteiger charge is 2.18. The van der Waals surface area contributed by atoms with Crippen molar-refractivity contribution in [1.82, 2.24) is 0 Å². The van der Waals surface area contributed by atoms with Crippen molar-refractivity contribution in [3.05, 3.63) is 57.0 Å². The number of aryl methyl sites for hydroxylation is 1. The summed E-state index contributed by atoms with van der Waals surface area (Å²) in [7, 11) is 1.31. The predicted molar refractivity (Wildman–Crippen MR) is 100 cm³/mol. The van der Waals surface area contributed by atoms with Gasteiger partial charge in [-0.15, -0.1) is 0 Å². The van der Waals surface area contributed by atoms with Gasteiger partial charge in [-0.2, -0.15) is 0 Å². The number of amides is 1. The molecule has 0 saturated carbocycles. The van der Waals surface area contributed by atoms with Crippen LogP contribution in [0.15, 0.2) is 40.9 Å². The van der Waals surface area contributed by atoms with E-state index in [1.807, 2.05) is 13.0 Å². The molecule has 0 aromatic heterocycles. The van der Waals surface area contributed by atoms with Crippen molar-refractivity contribution in [3.8, 4) is 5.75 Å². The van der Waals surface area contributed by atoms with Gasteiger partial charge in [-0.05, 0) is 65.7 Å². The summed E-state index contributed by atoms with van der Waals surface area (Å²) in [5.74, 6) is -0.318. The van der Waals surface area contributed by atoms with E-state index in [1.165, 1.54) is 7.11 Å². The first-order chi connectivity index (χ1) is 11.8. The van der Waals surface area contributed by atoms with E-state index in [0.29, 0.717) is 26.5 Å². The molecule has 2 aromatic carbocycles. The minimum atomic E-state index is -0.751. The molecule has 0 saturated heterocycles. The average Bonchev–Trinajstić information content (AvgIpc) is 2.58. The molecule has 1 unspecified atom stereocenters. The zero-order valence-corrected chi connectivity index (χ0v) is 16.3. The van der Waals surface area contributed by atoms with Crippen molar-refractivity contribution in [1.29, 1.82) is 0 Å². The number of halogens is 2. The predicted octanol–water partition coefficient (Wildman–Crippen LogP) is 4.60. The maximum Gasteiger partial charge on any atom is 0.337 e. The molecule has 0 bridgehead atoms. The summed E-state index contributed by atoms with van der Waals surface area (Å²) >= 11 is 9.28. The summed E-state index contributed by atoms with van der Waals surface area (Å²) in [6.45, 7) is 3.51. The molecule has 7 heteroatoms. The molecular formula is C18H17BrClNO4. The van der Waals surface area contributed by atoms with Gasteiger partial charge < -0.3 is 14.8 Å². The Labute approximate surface area is 159 Å². The van der Waals surface area contributed by atoms with Crippen LogP contribution in [-0.2, 0) is 9.53 Å². The van der Waals surface area contributed by atoms with Crippen molar-refractivity contribution in [2.45, 2.75) is 20.0 Å². The molecule has 2 aromatic rings. The van der Waals surface area contributed by atoms with Crippen molar-refractivity contribution in [2.75, 3.05) is 12.4 Å². The molecule has 0 aliphatic carbocycles. The van der Waals surface area contributed by atoms with E-state index in [0.717, 1.165) is 5.56 Å². The van der Waals surface area contributed by atoms with Gasteiger partial charge in [-0.3, -0.25) is 4.79 Å². The van der Waals surface area contributed by atoms with E-state index in [4.69, 9.17) is 16.3 Å². The smallest absolute Gasteiger partial charge is 0.337 e. The molecule has 1 amide bonds. The highest BCUT2D eigenvalue weighted by Crippen LogP contribution is 2.28. The third kappa shape index (κ3) is 4.96. The number of hydrogen-bond donors (Lipinski definition) is 1. The number of anilines is 1. The number of ether oxygens (including phenoxy) is 2. The van der Waals surface area contributed by atoms with Gasteiger partial charge in [0.15, 0.2) is 6.10 Å². The van der Waals surface area contributed by atoms with Gasteiger partial charge in [0, 0.05) is 10.7 Å². The van der Waals surface area contributed by atoms with Crippen molar-refractivity contribution < 1.29 is 19.1 Å². The SMILES string of the molecule is COC(=O)c1ccc(OC(C)C(=O)Nc2cc(Cl)ccc2C)c(Br)c1. The summed E-state index contributed by atoms with van der Waals surface area (Å²) < 4.78 is 10.9. The standard InChI is InChI=1S/C18H17BrClNO4/c1-10-4-6-13(20)9-15(10)21-17(22)11(2)25-16-7-5-12(8-14(16)19)18(23)24-3/h4-9,11H,1-3H3,(H,21,22). The number of esters is 1. The first-order valence-corrected chi connectivity index (χ1v) is 8.60. The Kier molecular flexibility index (Phi) is 6.45. The van der Waals surface area contributed by atoms with E-state index in [-0.39, 0.29) is 5.91 Å². The second kappa shape index (κ2) is 8.36. The van der Waals surface area contributed by atoms with Gasteiger partial charge >= 0.3 is 5.97 Å². The van der Waals surface area contributed by atoms with Crippen LogP contribution in [-0.4, -0.2) is 25.1 Å². The zero-order valence-electron chi connectivity index (χ0n) is 13.9. The molecular weight excluding hydrogens is 410 g/mol. The van der Waals surface area contributed by atoms with E-state index >= 15 is 0 Å². The lowest BCUT2D eigenvalue weighted by Crippen LogP contribution is -2.30. The van der Waals surface area contributed by atoms with Crippen molar-refractivity contribution in [2.24, 2.45) is 0 Å². The van der Waals surface area contributed by atoms with E-state index in [2.05, 4.69) is 26.0 Å². The van der Waals surface area contributed by atoms with E-state index in [9.17, 15) is 9.59 Å². The highest BCUT2D eigenvalue weighted by molar-refractivity contribution is 9.10. The summed E-state index contributed by atoms with van der Waals surface area (Å²) in [5.41, 5.74) is 1.91. The van der Waals surface area contributed by atoms with Gasteiger partial charge in [0.2, 0.25) is 0 Å². The van der Waals surface area contributed by atoms with Gasteiger partial charge in [0.1, 0.15) is 5.75 Å². The molecule has 0 heterocycles. The van der Waals surface area contributed by atoms with Gasteiger partial charge in [-0.25, -0.2) is 4.79 Å². The van der Waals surface area contributed by atoms with Crippen molar-refractivity contribution in [3.63, 3.8) is 0 Å². The van der Waals surface area contributed by atoms with Crippen LogP contribution in [0.5, 0.6) is 5.75 Å². The fourth-order valence-corrected chi connectivity index (χ4v) is 2.69. The Morgan fingerprint density at radius 3 is 2.56 bits per heavy atom. The molecule has 25 heavy (non-hydrogen) atoms. The largest absolute Gasteiger partial charge is 0.480 e. The topological polar surface area (TPSA) is 64.6 Å². The van der Waals surface area contributed by atoms with Crippen LogP contribution >= 0.6 is 27.5 Å². The maximum atomic E-state index is 12.3. The van der Waals surface area contributed by atoms with Gasteiger partial charge in [0.05, 0.1) is 17.1 Å². The number of carbonyl (C=O) groups is 2. The van der Waals surface area contributed by atoms with Gasteiger partial charge in [0.25, 0.3) is 5.91 Å². The van der Waals surface area contributed by atoms with Crippen LogP contribution < -0.4 is 10.1 Å². The van der Waals surface area contributed by atoms with Crippen LogP contribution in [0.4, 0.5) is 5.69 Å². The zero-order chi connectivity index (χ0) is 18.6. The third-order valence-corrected chi connectivity index (χ3v) is 4.34. The normalized spacial score (nSPS) is 11.6. The first-order valence-electron chi connectivity index (χ1n) is 7.43. The molecule has 5 nitrogen and oxygen atoms in total. The fourth-order valence-electron chi connectivity index (χ4n) is 2.05. The quantitative estimate of drug-likeness (QED) is 0.710. The molecule has 0 radical (unpaired) electrons. The number of rotatable bonds is 5. The summed E-state index contributed by atoms with van der Waals surface area (Å²) in [5, 5.41) is 3.33. The highest BCUT2D eigenvalue weighted by atomic mass is 79.9. The van der Waals surface area contributed by atoms with Crippen LogP contribution in [0.25, 0.3) is 0 Å². The fraction of sp³-hybridized carbons (Fsp3) is 0.222. The Morgan fingerprint density at radius 1 is 1.20 bits per heavy atom. The van der Waals surface area contributed by atoms with E-state index in [1.54, 1.807) is 37.3 Å². The second-order valence-electron chi connectivity index (χ2n) is 5.35. The first kappa shape index (κ1) is 19.3. The average molecular weight is 427 g/mol. The van der Waals surface area contributed by atoms with Crippen LogP contribution in [0.1, 0.15) is 22.8 Å². The third-order valence-electron chi connectivity index (χ3n) is 3.48. The molecule has 0 fully saturated rings. The molecule has 132 valence electrons. The Balaban J connectivity index is 2.08. The number of hydrogen-bond acceptors (Lipinski definition) is 4. The van der Waals surface area contributed by atoms with Gasteiger partial charge in [-0.1, -0.05) is 17.7 Å². The number of methoxy groups -OCH3 is 1. The molecule has 0 spiro atoms. The number of benzene rings is 2. The lowest BCUT2D eigenvalue weighted by atomic mass is 10.2. The summed E-state index contributed by atoms with van der Waals surface area (Å²) in [6.07, 6.45) is -0.751. The van der Waals surface area contributed by atoms with E-state index < -0.39 is 12.1 Å². The summed E-state index contributed by atoms with van der Waals surface area (Å²) in [6, 6.07) is 10.0. The van der Waals surface area contributed by atoms with Crippen LogP contribution in [0.3, 0.4) is 0 Å². The second-order valence-corrected chi connectivity index (χ2v) is 6.64. The van der Waals surface area contributed by atoms with Crippen LogP contribution in [0, 0.1) is 6.92 Å². The minimum Gasteiger partial charge on any atom is -0.480 e. The molecule has 1 atom stereocenters. The number of nitrogens with one attached hydrogen (secondary N) is 1. The molecule has 0 aliphatic rings. The Hall–Kier alpha value is -2.05. The monoisotopic (exact) mass is 425 g/mol. The lowest BCUT2D eigenvalue weighted by Gasteiger charge is -2.17. The molecule has 0 aliphatic heterocycles. The van der Waals surface area contributed by atoms with Crippen molar-refractivity contribution >= 4 is 45.1 Å². The molecule has 1 N–H and O–H groups in total. The Bertz CT molecular complexity index is 810. The number of carbonyl (C=O) groups excluding carboxylic acids is 2. The van der Waals surface area contributed by atoms with Crippen LogP contribution in [0.2, 0.25) is 5.02 Å². The summed E-state index contributed by atoms with van der Waals surface area (Å²) in [4.78, 5) is 23.9. The molecule has 2 rings (SSSR count). The maximum absolute atomic E-state index is 12.3.